The van der Waals surface area contributed by atoms with E-state index in [-0.39, 0.29) is 10.5 Å². The van der Waals surface area contributed by atoms with Gasteiger partial charge in [-0.2, -0.15) is 0 Å². The van der Waals surface area contributed by atoms with E-state index in [1.807, 2.05) is 0 Å². The van der Waals surface area contributed by atoms with Gasteiger partial charge >= 0.3 is 0 Å². The number of nitrogens with two attached hydrogens (primary N) is 1. The first-order valence-corrected chi connectivity index (χ1v) is 9.90. The molecule has 2 heterocycles. The van der Waals surface area contributed by atoms with Crippen molar-refractivity contribution in [3.63, 3.8) is 0 Å². The Balaban J connectivity index is 2.34. The molecule has 0 saturated carbocycles. The smallest absolute Gasteiger partial charge is 0.252 e. The zero-order valence-corrected chi connectivity index (χ0v) is 16.0. The molecule has 1 amide bonds. The largest absolute Gasteiger partial charge is 0.365 e. The monoisotopic (exact) mass is 384 g/mol. The average Bonchev–Trinajstić information content (AvgIpc) is 2.62. The van der Waals surface area contributed by atoms with Gasteiger partial charge in [0.2, 0.25) is 0 Å². The first-order chi connectivity index (χ1) is 12.7. The number of aryl methyl sites for hydroxylation is 1. The molecular formula is C19H20N4O3S. The molecule has 3 N–H and O–H groups in total. The van der Waals surface area contributed by atoms with E-state index < -0.39 is 21.0 Å². The molecule has 27 heavy (non-hydrogen) atoms. The molecule has 0 saturated heterocycles. The summed E-state index contributed by atoms with van der Waals surface area (Å²) in [5.74, 6) is -0.662. The predicted molar refractivity (Wildman–Crippen MR) is 105 cm³/mol. The van der Waals surface area contributed by atoms with Crippen LogP contribution < -0.4 is 11.1 Å². The molecule has 0 unspecified atom stereocenters. The molecule has 0 bridgehead atoms. The molecule has 0 spiro atoms. The van der Waals surface area contributed by atoms with Crippen LogP contribution in [0, 0.1) is 6.92 Å². The van der Waals surface area contributed by atoms with Crippen molar-refractivity contribution >= 4 is 38.0 Å². The van der Waals surface area contributed by atoms with Crippen molar-refractivity contribution in [1.82, 2.24) is 9.97 Å². The summed E-state index contributed by atoms with van der Waals surface area (Å²) in [5.41, 5.74) is 8.02. The number of aromatic nitrogens is 2. The van der Waals surface area contributed by atoms with E-state index >= 15 is 0 Å². The molecular weight excluding hydrogens is 364 g/mol. The number of hydrogen-bond acceptors (Lipinski definition) is 6. The van der Waals surface area contributed by atoms with Crippen molar-refractivity contribution in [3.05, 3.63) is 54.0 Å². The Bertz CT molecular complexity index is 1130. The van der Waals surface area contributed by atoms with Gasteiger partial charge in [-0.1, -0.05) is 0 Å². The Hall–Kier alpha value is -3.00. The van der Waals surface area contributed by atoms with Crippen LogP contribution in [0.1, 0.15) is 29.8 Å². The first kappa shape index (κ1) is 18.8. The number of pyridine rings is 2. The number of anilines is 2. The Kier molecular flexibility index (Phi) is 4.84. The Morgan fingerprint density at radius 3 is 2.56 bits per heavy atom. The molecule has 7 nitrogen and oxygen atoms in total. The minimum atomic E-state index is -3.50. The maximum atomic E-state index is 12.7. The van der Waals surface area contributed by atoms with Crippen LogP contribution >= 0.6 is 0 Å². The number of amides is 1. The fourth-order valence-electron chi connectivity index (χ4n) is 2.79. The summed E-state index contributed by atoms with van der Waals surface area (Å²) in [5, 5.41) is 3.07. The van der Waals surface area contributed by atoms with Gasteiger partial charge in [-0.3, -0.25) is 14.8 Å². The number of fused-ring (bicyclic) bond motifs is 1. The predicted octanol–water partition coefficient (Wildman–Crippen LogP) is 2.96. The number of carbonyl (C=O) groups excluding carboxylic acids is 1. The van der Waals surface area contributed by atoms with E-state index in [9.17, 15) is 13.2 Å². The van der Waals surface area contributed by atoms with Crippen molar-refractivity contribution in [3.8, 4) is 0 Å². The van der Waals surface area contributed by atoms with Gasteiger partial charge in [0.05, 0.1) is 38.8 Å². The van der Waals surface area contributed by atoms with Crippen LogP contribution in [0.15, 0.2) is 47.8 Å². The van der Waals surface area contributed by atoms with E-state index in [1.54, 1.807) is 51.4 Å². The molecule has 3 aromatic rings. The van der Waals surface area contributed by atoms with Crippen molar-refractivity contribution in [2.24, 2.45) is 5.73 Å². The molecule has 1 aromatic carbocycles. The lowest BCUT2D eigenvalue weighted by molar-refractivity contribution is 0.100. The number of primary amides is 1. The van der Waals surface area contributed by atoms with Crippen molar-refractivity contribution in [1.29, 1.82) is 0 Å². The first-order valence-electron chi connectivity index (χ1n) is 8.36. The molecule has 0 radical (unpaired) electrons. The van der Waals surface area contributed by atoms with Gasteiger partial charge in [-0.15, -0.1) is 0 Å². The topological polar surface area (TPSA) is 115 Å². The third-order valence-electron chi connectivity index (χ3n) is 4.28. The third kappa shape index (κ3) is 3.48. The Morgan fingerprint density at radius 1 is 1.22 bits per heavy atom. The van der Waals surface area contributed by atoms with Crippen molar-refractivity contribution < 1.29 is 13.2 Å². The highest BCUT2D eigenvalue weighted by atomic mass is 32.2. The molecule has 0 atom stereocenters. The summed E-state index contributed by atoms with van der Waals surface area (Å²) in [6, 6.07) is 6.67. The SMILES string of the molecule is Cc1cc(S(=O)(=O)C(C)C)cc2c(Nc3cccnc3)c(C(N)=O)cnc12. The quantitative estimate of drug-likeness (QED) is 0.699. The van der Waals surface area contributed by atoms with E-state index in [0.29, 0.717) is 27.8 Å². The van der Waals surface area contributed by atoms with Gasteiger partial charge in [0.15, 0.2) is 9.84 Å². The number of carbonyl (C=O) groups is 1. The lowest BCUT2D eigenvalue weighted by Gasteiger charge is -2.16. The highest BCUT2D eigenvalue weighted by Gasteiger charge is 2.23. The third-order valence-corrected chi connectivity index (χ3v) is 6.41. The number of sulfone groups is 1. The maximum absolute atomic E-state index is 12.7. The average molecular weight is 384 g/mol. The van der Waals surface area contributed by atoms with E-state index in [0.717, 1.165) is 0 Å². The lowest BCUT2D eigenvalue weighted by atomic mass is 10.1. The van der Waals surface area contributed by atoms with Gasteiger partial charge in [0.1, 0.15) is 0 Å². The minimum Gasteiger partial charge on any atom is -0.365 e. The van der Waals surface area contributed by atoms with Gasteiger partial charge in [-0.25, -0.2) is 8.42 Å². The molecule has 3 rings (SSSR count). The standard InChI is InChI=1S/C19H20N4O3S/c1-11(2)27(25,26)14-7-12(3)17-15(8-14)18(16(10-22-17)19(20)24)23-13-5-4-6-21-9-13/h4-11H,1-3H3,(H2,20,24)(H,22,23). The lowest BCUT2D eigenvalue weighted by Crippen LogP contribution is -2.16. The normalized spacial score (nSPS) is 11.7. The summed E-state index contributed by atoms with van der Waals surface area (Å²) in [6.45, 7) is 5.04. The highest BCUT2D eigenvalue weighted by Crippen LogP contribution is 2.33. The van der Waals surface area contributed by atoms with Crippen molar-refractivity contribution in [2.75, 3.05) is 5.32 Å². The summed E-state index contributed by atoms with van der Waals surface area (Å²) in [4.78, 5) is 20.5. The Morgan fingerprint density at radius 2 is 1.96 bits per heavy atom. The number of rotatable bonds is 5. The summed E-state index contributed by atoms with van der Waals surface area (Å²) in [6.07, 6.45) is 4.62. The zero-order chi connectivity index (χ0) is 19.8. The number of nitrogens with one attached hydrogen (secondary N) is 1. The summed E-state index contributed by atoms with van der Waals surface area (Å²) in [7, 11) is -3.50. The van der Waals surface area contributed by atoms with Crippen LogP contribution in [0.4, 0.5) is 11.4 Å². The summed E-state index contributed by atoms with van der Waals surface area (Å²) >= 11 is 0. The molecule has 8 heteroatoms. The fraction of sp³-hybridized carbons (Fsp3) is 0.211. The molecule has 0 aliphatic rings. The second kappa shape index (κ2) is 6.96. The van der Waals surface area contributed by atoms with Crippen LogP contribution in [-0.4, -0.2) is 29.5 Å². The van der Waals surface area contributed by atoms with Gasteiger partial charge in [0, 0.05) is 17.8 Å². The van der Waals surface area contributed by atoms with Crippen LogP contribution in [0.2, 0.25) is 0 Å². The fourth-order valence-corrected chi connectivity index (χ4v) is 3.95. The minimum absolute atomic E-state index is 0.171. The molecule has 0 fully saturated rings. The Labute approximate surface area is 157 Å². The highest BCUT2D eigenvalue weighted by molar-refractivity contribution is 7.92. The van der Waals surface area contributed by atoms with Gasteiger partial charge in [-0.05, 0) is 50.6 Å². The number of nitrogens with zero attached hydrogens (tertiary/aromatic N) is 2. The van der Waals surface area contributed by atoms with E-state index in [1.165, 1.54) is 12.3 Å². The zero-order valence-electron chi connectivity index (χ0n) is 15.2. The van der Waals surface area contributed by atoms with Crippen LogP contribution in [0.25, 0.3) is 10.9 Å². The van der Waals surface area contributed by atoms with Gasteiger partial charge in [0.25, 0.3) is 5.91 Å². The van der Waals surface area contributed by atoms with Crippen molar-refractivity contribution in [2.45, 2.75) is 30.9 Å². The number of hydrogen-bond donors (Lipinski definition) is 2. The summed E-state index contributed by atoms with van der Waals surface area (Å²) < 4.78 is 25.3. The second-order valence-electron chi connectivity index (χ2n) is 6.51. The van der Waals surface area contributed by atoms with E-state index in [4.69, 9.17) is 5.73 Å². The molecule has 0 aliphatic heterocycles. The number of benzene rings is 1. The van der Waals surface area contributed by atoms with E-state index in [2.05, 4.69) is 15.3 Å². The van der Waals surface area contributed by atoms with Gasteiger partial charge < -0.3 is 11.1 Å². The molecule has 0 aliphatic carbocycles. The maximum Gasteiger partial charge on any atom is 0.252 e. The molecule has 2 aromatic heterocycles. The second-order valence-corrected chi connectivity index (χ2v) is 9.01. The van der Waals surface area contributed by atoms with Crippen LogP contribution in [-0.2, 0) is 9.84 Å². The van der Waals surface area contributed by atoms with Crippen LogP contribution in [0.3, 0.4) is 0 Å². The molecule has 140 valence electrons. The van der Waals surface area contributed by atoms with Crippen LogP contribution in [0.5, 0.6) is 0 Å².